The van der Waals surface area contributed by atoms with E-state index in [0.29, 0.717) is 23.8 Å². The molecule has 3 fully saturated rings. The van der Waals surface area contributed by atoms with Crippen LogP contribution < -0.4 is 5.32 Å². The zero-order chi connectivity index (χ0) is 17.7. The monoisotopic (exact) mass is 359 g/mol. The number of nitrogens with one attached hydrogen (secondary N) is 2. The van der Waals surface area contributed by atoms with Crippen molar-refractivity contribution in [1.82, 2.24) is 20.0 Å². The lowest BCUT2D eigenvalue weighted by Gasteiger charge is -2.43. The third kappa shape index (κ3) is 1.90. The molecule has 0 spiro atoms. The van der Waals surface area contributed by atoms with Gasteiger partial charge in [-0.1, -0.05) is 0 Å². The number of anilines is 1. The molecule has 138 valence electrons. The molecule has 1 aliphatic heterocycles. The number of benzene rings is 1. The summed E-state index contributed by atoms with van der Waals surface area (Å²) in [5.74, 6) is 3.74. The number of rotatable bonds is 2. The molecule has 27 heavy (non-hydrogen) atoms. The molecule has 4 aliphatic rings. The molecule has 5 heteroatoms. The highest BCUT2D eigenvalue weighted by Gasteiger charge is 2.55. The standard InChI is InChI=1S/C22H25N5/c1-27-10-15(21(26-27)11-2-3-11)22-19-13-5-4-12(8-13)18(19)20-14-9-23-25-16(14)6-7-17(20)24-22/h6-7,9-13,18-19,22,24H,2-5,8H2,1H3,(H,23,25)/t12-,13-,18+,19-,22+/m1/s1. The van der Waals surface area contributed by atoms with E-state index >= 15 is 0 Å². The van der Waals surface area contributed by atoms with Crippen molar-refractivity contribution in [3.63, 3.8) is 0 Å². The van der Waals surface area contributed by atoms with E-state index in [2.05, 4.69) is 40.9 Å². The van der Waals surface area contributed by atoms with Crippen LogP contribution in [0, 0.1) is 17.8 Å². The summed E-state index contributed by atoms with van der Waals surface area (Å²) >= 11 is 0. The van der Waals surface area contributed by atoms with Crippen molar-refractivity contribution in [3.05, 3.63) is 41.3 Å². The molecular formula is C22H25N5. The topological polar surface area (TPSA) is 58.5 Å². The third-order valence-corrected chi connectivity index (χ3v) is 7.86. The summed E-state index contributed by atoms with van der Waals surface area (Å²) in [6.07, 6.45) is 11.2. The van der Waals surface area contributed by atoms with Gasteiger partial charge < -0.3 is 5.32 Å². The van der Waals surface area contributed by atoms with Crippen LogP contribution in [-0.4, -0.2) is 20.0 Å². The van der Waals surface area contributed by atoms with Crippen LogP contribution in [0.2, 0.25) is 0 Å². The number of aryl methyl sites for hydroxylation is 1. The van der Waals surface area contributed by atoms with Crippen molar-refractivity contribution in [3.8, 4) is 0 Å². The summed E-state index contributed by atoms with van der Waals surface area (Å²) in [7, 11) is 2.08. The molecule has 0 radical (unpaired) electrons. The fraction of sp³-hybridized carbons (Fsp3) is 0.545. The van der Waals surface area contributed by atoms with Gasteiger partial charge in [0.25, 0.3) is 0 Å². The third-order valence-electron chi connectivity index (χ3n) is 7.86. The van der Waals surface area contributed by atoms with Crippen molar-refractivity contribution in [2.75, 3.05) is 5.32 Å². The molecule has 5 nitrogen and oxygen atoms in total. The van der Waals surface area contributed by atoms with Crippen LogP contribution in [0.1, 0.15) is 66.8 Å². The fourth-order valence-electron chi connectivity index (χ4n) is 6.75. The normalized spacial score (nSPS) is 33.9. The first-order valence-electron chi connectivity index (χ1n) is 10.5. The largest absolute Gasteiger partial charge is 0.378 e. The summed E-state index contributed by atoms with van der Waals surface area (Å²) in [6, 6.07) is 4.87. The van der Waals surface area contributed by atoms with Crippen LogP contribution in [-0.2, 0) is 7.05 Å². The van der Waals surface area contributed by atoms with Crippen LogP contribution in [0.4, 0.5) is 5.69 Å². The van der Waals surface area contributed by atoms with Crippen LogP contribution >= 0.6 is 0 Å². The highest BCUT2D eigenvalue weighted by atomic mass is 15.3. The maximum Gasteiger partial charge on any atom is 0.0708 e. The van der Waals surface area contributed by atoms with Crippen molar-refractivity contribution < 1.29 is 0 Å². The van der Waals surface area contributed by atoms with Gasteiger partial charge in [-0.05, 0) is 73.5 Å². The minimum atomic E-state index is 0.409. The van der Waals surface area contributed by atoms with E-state index in [1.165, 1.54) is 65.5 Å². The molecule has 2 aromatic heterocycles. The summed E-state index contributed by atoms with van der Waals surface area (Å²) in [4.78, 5) is 0. The van der Waals surface area contributed by atoms with Gasteiger partial charge in [-0.15, -0.1) is 0 Å². The number of aromatic amines is 1. The number of nitrogens with zero attached hydrogens (tertiary/aromatic N) is 3. The summed E-state index contributed by atoms with van der Waals surface area (Å²) in [5, 5.41) is 17.7. The van der Waals surface area contributed by atoms with E-state index in [0.717, 1.165) is 11.8 Å². The van der Waals surface area contributed by atoms with E-state index in [1.54, 1.807) is 0 Å². The molecule has 3 aromatic rings. The van der Waals surface area contributed by atoms with E-state index < -0.39 is 0 Å². The summed E-state index contributed by atoms with van der Waals surface area (Å²) in [6.45, 7) is 0. The van der Waals surface area contributed by atoms with Gasteiger partial charge >= 0.3 is 0 Å². The highest BCUT2D eigenvalue weighted by molar-refractivity contribution is 5.88. The Kier molecular flexibility index (Phi) is 2.70. The Balaban J connectivity index is 1.44. The van der Waals surface area contributed by atoms with Gasteiger partial charge in [0.15, 0.2) is 0 Å². The average Bonchev–Trinajstić information content (AvgIpc) is 3.08. The van der Waals surface area contributed by atoms with Gasteiger partial charge in [-0.3, -0.25) is 9.78 Å². The first-order chi connectivity index (χ1) is 13.3. The first-order valence-corrected chi connectivity index (χ1v) is 10.5. The van der Waals surface area contributed by atoms with Crippen LogP contribution in [0.3, 0.4) is 0 Å². The van der Waals surface area contributed by atoms with Crippen LogP contribution in [0.25, 0.3) is 10.9 Å². The SMILES string of the molecule is Cn1cc([C@@H]2Nc3ccc4[nH]ncc4c3[C@H]3[C@@H]4CC[C@H](C4)[C@H]32)c(C2CC2)n1. The Morgan fingerprint density at radius 2 is 2.00 bits per heavy atom. The Morgan fingerprint density at radius 3 is 2.89 bits per heavy atom. The molecule has 0 amide bonds. The maximum atomic E-state index is 4.88. The molecule has 3 aliphatic carbocycles. The molecule has 1 aromatic carbocycles. The average molecular weight is 359 g/mol. The van der Waals surface area contributed by atoms with Gasteiger partial charge in [0.05, 0.1) is 23.4 Å². The Bertz CT molecular complexity index is 1060. The molecule has 0 saturated heterocycles. The molecule has 2 bridgehead atoms. The van der Waals surface area contributed by atoms with Crippen LogP contribution in [0.15, 0.2) is 24.5 Å². The number of H-pyrrole nitrogens is 1. The maximum absolute atomic E-state index is 4.88. The van der Waals surface area contributed by atoms with Gasteiger partial charge in [-0.25, -0.2) is 0 Å². The van der Waals surface area contributed by atoms with Crippen molar-refractivity contribution in [2.45, 2.75) is 50.0 Å². The second kappa shape index (κ2) is 4.94. The second-order valence-corrected chi connectivity index (χ2v) is 9.33. The van der Waals surface area contributed by atoms with E-state index in [9.17, 15) is 0 Å². The first kappa shape index (κ1) is 14.7. The quantitative estimate of drug-likeness (QED) is 0.710. The fourth-order valence-corrected chi connectivity index (χ4v) is 6.75. The van der Waals surface area contributed by atoms with E-state index in [1.807, 2.05) is 10.9 Å². The Morgan fingerprint density at radius 1 is 1.11 bits per heavy atom. The zero-order valence-electron chi connectivity index (χ0n) is 15.7. The van der Waals surface area contributed by atoms with Crippen molar-refractivity contribution in [1.29, 1.82) is 0 Å². The van der Waals surface area contributed by atoms with E-state index in [-0.39, 0.29) is 0 Å². The molecule has 3 heterocycles. The minimum Gasteiger partial charge on any atom is -0.378 e. The van der Waals surface area contributed by atoms with E-state index in [4.69, 9.17) is 5.10 Å². The molecule has 3 saturated carbocycles. The van der Waals surface area contributed by atoms with Gasteiger partial charge in [0, 0.05) is 35.8 Å². The lowest BCUT2D eigenvalue weighted by atomic mass is 9.67. The minimum absolute atomic E-state index is 0.409. The molecule has 0 unspecified atom stereocenters. The summed E-state index contributed by atoms with van der Waals surface area (Å²) in [5.41, 5.74) is 6.88. The Hall–Kier alpha value is -2.30. The van der Waals surface area contributed by atoms with Crippen molar-refractivity contribution in [2.24, 2.45) is 24.8 Å². The lowest BCUT2D eigenvalue weighted by Crippen LogP contribution is -2.35. The number of aromatic nitrogens is 4. The number of hydrogen-bond acceptors (Lipinski definition) is 3. The Labute approximate surface area is 158 Å². The van der Waals surface area contributed by atoms with Gasteiger partial charge in [0.1, 0.15) is 0 Å². The lowest BCUT2D eigenvalue weighted by molar-refractivity contribution is 0.248. The predicted molar refractivity (Wildman–Crippen MR) is 105 cm³/mol. The van der Waals surface area contributed by atoms with Crippen molar-refractivity contribution >= 4 is 16.6 Å². The smallest absolute Gasteiger partial charge is 0.0708 e. The zero-order valence-corrected chi connectivity index (χ0v) is 15.7. The molecule has 2 N–H and O–H groups in total. The van der Waals surface area contributed by atoms with Crippen LogP contribution in [0.5, 0.6) is 0 Å². The molecule has 5 atom stereocenters. The highest BCUT2D eigenvalue weighted by Crippen LogP contribution is 2.65. The number of fused-ring (bicyclic) bond motifs is 9. The number of hydrogen-bond donors (Lipinski definition) is 2. The molecule has 7 rings (SSSR count). The van der Waals surface area contributed by atoms with Gasteiger partial charge in [0.2, 0.25) is 0 Å². The predicted octanol–water partition coefficient (Wildman–Crippen LogP) is 4.47. The molecular weight excluding hydrogens is 334 g/mol. The summed E-state index contributed by atoms with van der Waals surface area (Å²) < 4.78 is 2.04. The van der Waals surface area contributed by atoms with Gasteiger partial charge in [-0.2, -0.15) is 10.2 Å². The second-order valence-electron chi connectivity index (χ2n) is 9.33.